The molecule has 0 saturated carbocycles. The Labute approximate surface area is 175 Å². The fourth-order valence-electron chi connectivity index (χ4n) is 4.04. The van der Waals surface area contributed by atoms with E-state index in [-0.39, 0.29) is 35.1 Å². The summed E-state index contributed by atoms with van der Waals surface area (Å²) >= 11 is 0. The van der Waals surface area contributed by atoms with E-state index in [4.69, 9.17) is 0 Å². The second-order valence-corrected chi connectivity index (χ2v) is 7.61. The van der Waals surface area contributed by atoms with Gasteiger partial charge in [-0.05, 0) is 71.4 Å². The van der Waals surface area contributed by atoms with Gasteiger partial charge in [-0.3, -0.25) is 0 Å². The lowest BCUT2D eigenvalue weighted by Crippen LogP contribution is -2.09. The smallest absolute Gasteiger partial charge is 0.194 e. The first-order valence-corrected chi connectivity index (χ1v) is 9.92. The molecule has 0 aromatic heterocycles. The summed E-state index contributed by atoms with van der Waals surface area (Å²) in [6, 6.07) is 6.99. The van der Waals surface area contributed by atoms with Gasteiger partial charge >= 0.3 is 0 Å². The van der Waals surface area contributed by atoms with Crippen molar-refractivity contribution in [1.29, 1.82) is 0 Å². The molecule has 160 valence electrons. The number of aryl methyl sites for hydroxylation is 1. The van der Waals surface area contributed by atoms with E-state index in [1.807, 2.05) is 6.92 Å². The number of allylic oxidation sites excluding steroid dienone is 2. The third-order valence-electron chi connectivity index (χ3n) is 5.53. The molecule has 31 heavy (non-hydrogen) atoms. The molecule has 0 amide bonds. The zero-order chi connectivity index (χ0) is 22.3. The standard InChI is InChI=1S/C25H18F6/c1-2-3-13-8-19(26)23(20(27)9-13)15-5-7-17-14(10-15)4-6-18(24(17)30)16-11-21(28)25(31)22(29)12-16/h4-6,8-9,11-12H,2-3,7,10H2,1H3. The molecule has 0 aliphatic heterocycles. The Kier molecular flexibility index (Phi) is 5.65. The lowest BCUT2D eigenvalue weighted by molar-refractivity contribution is 0.447. The minimum Gasteiger partial charge on any atom is -0.206 e. The highest BCUT2D eigenvalue weighted by atomic mass is 19.2. The Balaban J connectivity index is 1.70. The number of hydrogen-bond acceptors (Lipinski definition) is 0. The first-order chi connectivity index (χ1) is 14.8. The molecule has 0 spiro atoms. The first kappa shape index (κ1) is 21.2. The summed E-state index contributed by atoms with van der Waals surface area (Å²) < 4.78 is 84.7. The van der Waals surface area contributed by atoms with E-state index < -0.39 is 34.9 Å². The molecule has 0 nitrogen and oxygen atoms in total. The summed E-state index contributed by atoms with van der Waals surface area (Å²) in [6.45, 7) is 1.92. The third-order valence-corrected chi connectivity index (χ3v) is 5.53. The lowest BCUT2D eigenvalue weighted by Gasteiger charge is -2.21. The van der Waals surface area contributed by atoms with Crippen molar-refractivity contribution in [2.24, 2.45) is 0 Å². The van der Waals surface area contributed by atoms with Crippen molar-refractivity contribution in [2.45, 2.75) is 32.6 Å². The van der Waals surface area contributed by atoms with Crippen LogP contribution in [0.5, 0.6) is 0 Å². The van der Waals surface area contributed by atoms with E-state index in [9.17, 15) is 22.0 Å². The van der Waals surface area contributed by atoms with Crippen LogP contribution in [-0.4, -0.2) is 0 Å². The van der Waals surface area contributed by atoms with Crippen molar-refractivity contribution in [2.75, 3.05) is 0 Å². The minimum absolute atomic E-state index is 0.0616. The molecule has 0 bridgehead atoms. The van der Waals surface area contributed by atoms with E-state index in [0.29, 0.717) is 23.1 Å². The maximum Gasteiger partial charge on any atom is 0.194 e. The highest BCUT2D eigenvalue weighted by Crippen LogP contribution is 2.36. The van der Waals surface area contributed by atoms with Gasteiger partial charge in [0.1, 0.15) is 17.5 Å². The van der Waals surface area contributed by atoms with Crippen LogP contribution in [0.3, 0.4) is 0 Å². The van der Waals surface area contributed by atoms with Gasteiger partial charge < -0.3 is 0 Å². The van der Waals surface area contributed by atoms with Gasteiger partial charge in [0.25, 0.3) is 0 Å². The molecule has 0 fully saturated rings. The molecule has 0 unspecified atom stereocenters. The number of halogens is 6. The average Bonchev–Trinajstić information content (AvgIpc) is 2.71. The highest BCUT2D eigenvalue weighted by Gasteiger charge is 2.23. The van der Waals surface area contributed by atoms with Gasteiger partial charge in [0.15, 0.2) is 17.5 Å². The Bertz CT molecular complexity index is 1160. The summed E-state index contributed by atoms with van der Waals surface area (Å²) in [7, 11) is 0. The lowest BCUT2D eigenvalue weighted by atomic mass is 9.85. The highest BCUT2D eigenvalue weighted by molar-refractivity contribution is 5.74. The molecule has 0 heterocycles. The molecule has 3 aromatic rings. The van der Waals surface area contributed by atoms with Crippen LogP contribution in [0.25, 0.3) is 16.7 Å². The molecular formula is C25H18F6. The van der Waals surface area contributed by atoms with Gasteiger partial charge in [-0.25, -0.2) is 26.3 Å². The quantitative estimate of drug-likeness (QED) is 0.299. The monoisotopic (exact) mass is 432 g/mol. The van der Waals surface area contributed by atoms with Gasteiger partial charge in [-0.1, -0.05) is 31.6 Å². The normalized spacial score (nSPS) is 13.2. The van der Waals surface area contributed by atoms with E-state index in [0.717, 1.165) is 18.6 Å². The predicted octanol–water partition coefficient (Wildman–Crippen LogP) is 7.32. The van der Waals surface area contributed by atoms with Crippen molar-refractivity contribution in [1.82, 2.24) is 0 Å². The Hall–Kier alpha value is -3.02. The number of hydrogen-bond donors (Lipinski definition) is 0. The topological polar surface area (TPSA) is 0 Å². The molecular weight excluding hydrogens is 414 g/mol. The van der Waals surface area contributed by atoms with E-state index in [1.165, 1.54) is 18.2 Å². The van der Waals surface area contributed by atoms with Crippen LogP contribution in [-0.2, 0) is 19.3 Å². The summed E-state index contributed by atoms with van der Waals surface area (Å²) in [5.41, 5.74) is 1.46. The van der Waals surface area contributed by atoms with Crippen molar-refractivity contribution < 1.29 is 26.3 Å². The van der Waals surface area contributed by atoms with Crippen LogP contribution >= 0.6 is 0 Å². The summed E-state index contributed by atoms with van der Waals surface area (Å²) in [5.74, 6) is -6.46. The van der Waals surface area contributed by atoms with E-state index >= 15 is 4.39 Å². The molecule has 0 atom stereocenters. The Morgan fingerprint density at radius 2 is 1.42 bits per heavy atom. The van der Waals surface area contributed by atoms with Crippen LogP contribution in [0.1, 0.15) is 35.6 Å². The fourth-order valence-corrected chi connectivity index (χ4v) is 4.04. The average molecular weight is 432 g/mol. The SMILES string of the molecule is CCCc1cc(F)c(C2=CCc3c(ccc(-c4cc(F)c(F)c(F)c4)c3F)C2)c(F)c1. The summed E-state index contributed by atoms with van der Waals surface area (Å²) in [5, 5.41) is 0. The van der Waals surface area contributed by atoms with Crippen molar-refractivity contribution in [3.05, 3.63) is 99.6 Å². The fraction of sp³-hybridized carbons (Fsp3) is 0.200. The molecule has 4 rings (SSSR count). The number of benzene rings is 3. The van der Waals surface area contributed by atoms with Crippen LogP contribution in [0.15, 0.2) is 42.5 Å². The minimum atomic E-state index is -1.62. The van der Waals surface area contributed by atoms with E-state index in [1.54, 1.807) is 12.1 Å². The number of fused-ring (bicyclic) bond motifs is 1. The van der Waals surface area contributed by atoms with Crippen molar-refractivity contribution >= 4 is 5.57 Å². The molecule has 6 heteroatoms. The zero-order valence-electron chi connectivity index (χ0n) is 16.6. The van der Waals surface area contributed by atoms with Crippen molar-refractivity contribution in [3.8, 4) is 11.1 Å². The van der Waals surface area contributed by atoms with Crippen LogP contribution in [0.2, 0.25) is 0 Å². The predicted molar refractivity (Wildman–Crippen MR) is 107 cm³/mol. The molecule has 1 aliphatic carbocycles. The van der Waals surface area contributed by atoms with Gasteiger partial charge in [-0.2, -0.15) is 0 Å². The van der Waals surface area contributed by atoms with Gasteiger partial charge in [-0.15, -0.1) is 0 Å². The molecule has 0 saturated heterocycles. The second-order valence-electron chi connectivity index (χ2n) is 7.61. The Morgan fingerprint density at radius 3 is 2.03 bits per heavy atom. The number of rotatable bonds is 4. The second kappa shape index (κ2) is 8.25. The van der Waals surface area contributed by atoms with Crippen LogP contribution < -0.4 is 0 Å². The van der Waals surface area contributed by atoms with Gasteiger partial charge in [0.05, 0.1) is 0 Å². The Morgan fingerprint density at radius 1 is 0.774 bits per heavy atom. The van der Waals surface area contributed by atoms with Crippen LogP contribution in [0.4, 0.5) is 26.3 Å². The zero-order valence-corrected chi connectivity index (χ0v) is 16.6. The molecule has 3 aromatic carbocycles. The molecule has 1 aliphatic rings. The van der Waals surface area contributed by atoms with Crippen LogP contribution in [0, 0.1) is 34.9 Å². The van der Waals surface area contributed by atoms with Gasteiger partial charge in [0.2, 0.25) is 0 Å². The third kappa shape index (κ3) is 3.87. The molecule has 0 N–H and O–H groups in total. The maximum absolute atomic E-state index is 15.1. The maximum atomic E-state index is 15.1. The van der Waals surface area contributed by atoms with Crippen molar-refractivity contribution in [3.63, 3.8) is 0 Å². The summed E-state index contributed by atoms with van der Waals surface area (Å²) in [6.07, 6.45) is 3.06. The summed E-state index contributed by atoms with van der Waals surface area (Å²) in [4.78, 5) is 0. The van der Waals surface area contributed by atoms with E-state index in [2.05, 4.69) is 0 Å². The van der Waals surface area contributed by atoms with Gasteiger partial charge in [0, 0.05) is 11.1 Å². The molecule has 0 radical (unpaired) electrons. The first-order valence-electron chi connectivity index (χ1n) is 9.92. The largest absolute Gasteiger partial charge is 0.206 e.